The standard InChI is InChI=1S/C6H5FS.Cu/c7-5-2-1-3-6(8)4-5;/h1-4,8H;/q;+1/p-1. The van der Waals surface area contributed by atoms with Crippen molar-refractivity contribution in [3.8, 4) is 0 Å². The van der Waals surface area contributed by atoms with Crippen molar-refractivity contribution in [3.63, 3.8) is 0 Å². The topological polar surface area (TPSA) is 0 Å². The van der Waals surface area contributed by atoms with E-state index in [1.54, 1.807) is 12.1 Å². The molecule has 0 amide bonds. The molecular formula is C6H4CuFS. The van der Waals surface area contributed by atoms with Crippen molar-refractivity contribution in [3.05, 3.63) is 30.1 Å². The van der Waals surface area contributed by atoms with Crippen molar-refractivity contribution in [1.29, 1.82) is 0 Å². The quantitative estimate of drug-likeness (QED) is 0.613. The third kappa shape index (κ3) is 2.01. The Hall–Kier alpha value is 0.0195. The molecule has 0 nitrogen and oxygen atoms in total. The molecule has 0 aliphatic heterocycles. The molecule has 0 radical (unpaired) electrons. The number of hydrogen-bond donors (Lipinski definition) is 0. The Morgan fingerprint density at radius 2 is 2.22 bits per heavy atom. The van der Waals surface area contributed by atoms with Crippen LogP contribution < -0.4 is 0 Å². The number of rotatable bonds is 1. The second-order valence-electron chi connectivity index (χ2n) is 1.52. The SMILES string of the molecule is Fc1cccc([S][Cu])c1. The number of benzene rings is 1. The van der Waals surface area contributed by atoms with Gasteiger partial charge in [0, 0.05) is 0 Å². The molecule has 0 saturated heterocycles. The van der Waals surface area contributed by atoms with Gasteiger partial charge in [-0.05, 0) is 0 Å². The average molecular weight is 191 g/mol. The van der Waals surface area contributed by atoms with Crippen LogP contribution in [0.15, 0.2) is 29.2 Å². The zero-order valence-electron chi connectivity index (χ0n) is 4.40. The van der Waals surface area contributed by atoms with Gasteiger partial charge in [-0.2, -0.15) is 0 Å². The summed E-state index contributed by atoms with van der Waals surface area (Å²) in [6.45, 7) is 0. The Balaban J connectivity index is 2.94. The first-order valence-corrected chi connectivity index (χ1v) is 4.15. The second-order valence-corrected chi connectivity index (χ2v) is 2.69. The van der Waals surface area contributed by atoms with Crippen LogP contribution in [0.1, 0.15) is 0 Å². The summed E-state index contributed by atoms with van der Waals surface area (Å²) < 4.78 is 12.3. The normalized spacial score (nSPS) is 9.67. The fourth-order valence-corrected chi connectivity index (χ4v) is 1.13. The minimum atomic E-state index is -0.235. The van der Waals surface area contributed by atoms with Gasteiger partial charge in [0.15, 0.2) is 0 Å². The van der Waals surface area contributed by atoms with Crippen LogP contribution in [-0.2, 0) is 14.9 Å². The molecule has 0 aromatic heterocycles. The van der Waals surface area contributed by atoms with Crippen LogP contribution in [0.4, 0.5) is 4.39 Å². The van der Waals surface area contributed by atoms with Crippen LogP contribution in [0, 0.1) is 5.82 Å². The minimum absolute atomic E-state index is 0.235. The maximum absolute atomic E-state index is 12.3. The summed E-state index contributed by atoms with van der Waals surface area (Å²) in [6.07, 6.45) is 0. The molecule has 1 aromatic rings. The zero-order chi connectivity index (χ0) is 6.69. The van der Waals surface area contributed by atoms with E-state index in [2.05, 4.69) is 0 Å². The van der Waals surface area contributed by atoms with Crippen molar-refractivity contribution < 1.29 is 19.3 Å². The van der Waals surface area contributed by atoms with Crippen molar-refractivity contribution >= 4 is 10.2 Å². The van der Waals surface area contributed by atoms with E-state index >= 15 is 0 Å². The number of halogens is 1. The van der Waals surface area contributed by atoms with E-state index in [4.69, 9.17) is 14.9 Å². The van der Waals surface area contributed by atoms with Crippen molar-refractivity contribution in [2.24, 2.45) is 0 Å². The van der Waals surface area contributed by atoms with Gasteiger partial charge in [0.25, 0.3) is 0 Å². The summed E-state index contributed by atoms with van der Waals surface area (Å²) in [5.41, 5.74) is 0. The Bertz CT molecular complexity index is 202. The molecule has 0 bridgehead atoms. The van der Waals surface area contributed by atoms with Gasteiger partial charge in [0.05, 0.1) is 0 Å². The molecule has 0 unspecified atom stereocenters. The second kappa shape index (κ2) is 3.25. The van der Waals surface area contributed by atoms with E-state index < -0.39 is 0 Å². The summed E-state index contributed by atoms with van der Waals surface area (Å²) in [4.78, 5) is 0.773. The molecular weight excluding hydrogens is 187 g/mol. The molecule has 1 rings (SSSR count). The molecule has 0 aliphatic carbocycles. The molecule has 0 aliphatic rings. The van der Waals surface area contributed by atoms with Gasteiger partial charge in [-0.25, -0.2) is 0 Å². The summed E-state index contributed by atoms with van der Waals surface area (Å²) in [5.74, 6) is -0.235. The van der Waals surface area contributed by atoms with E-state index in [1.807, 2.05) is 0 Å². The molecule has 52 valence electrons. The van der Waals surface area contributed by atoms with E-state index in [-0.39, 0.29) is 5.82 Å². The predicted octanol–water partition coefficient (Wildman–Crippen LogP) is 2.38. The van der Waals surface area contributed by atoms with E-state index in [0.29, 0.717) is 0 Å². The molecule has 3 heteroatoms. The first-order valence-electron chi connectivity index (χ1n) is 2.34. The molecule has 0 atom stereocenters. The molecule has 0 saturated carbocycles. The van der Waals surface area contributed by atoms with Crippen LogP contribution in [0.25, 0.3) is 0 Å². The Morgan fingerprint density at radius 1 is 1.44 bits per heavy atom. The summed E-state index contributed by atoms with van der Waals surface area (Å²) >= 11 is 4.76. The third-order valence-corrected chi connectivity index (χ3v) is 1.93. The average Bonchev–Trinajstić information content (AvgIpc) is 1.88. The van der Waals surface area contributed by atoms with Crippen LogP contribution in [-0.4, -0.2) is 0 Å². The van der Waals surface area contributed by atoms with Crippen LogP contribution in [0.5, 0.6) is 0 Å². The van der Waals surface area contributed by atoms with Crippen molar-refractivity contribution in [1.82, 2.24) is 0 Å². The summed E-state index contributed by atoms with van der Waals surface area (Å²) in [6, 6.07) is 6.22. The molecule has 0 fully saturated rings. The number of hydrogen-bond acceptors (Lipinski definition) is 1. The van der Waals surface area contributed by atoms with Crippen LogP contribution >= 0.6 is 10.2 Å². The van der Waals surface area contributed by atoms with Gasteiger partial charge in [-0.3, -0.25) is 0 Å². The molecule has 1 aromatic carbocycles. The van der Waals surface area contributed by atoms with E-state index in [1.165, 1.54) is 12.1 Å². The van der Waals surface area contributed by atoms with Gasteiger partial charge >= 0.3 is 64.4 Å². The molecule has 0 heterocycles. The Kier molecular flexibility index (Phi) is 2.58. The van der Waals surface area contributed by atoms with Gasteiger partial charge in [-0.1, -0.05) is 0 Å². The molecule has 0 N–H and O–H groups in total. The third-order valence-electron chi connectivity index (χ3n) is 0.867. The van der Waals surface area contributed by atoms with Crippen molar-refractivity contribution in [2.45, 2.75) is 4.90 Å². The Morgan fingerprint density at radius 3 is 2.67 bits per heavy atom. The first kappa shape index (κ1) is 7.13. The molecule has 9 heavy (non-hydrogen) atoms. The predicted molar refractivity (Wildman–Crippen MR) is 32.3 cm³/mol. The van der Waals surface area contributed by atoms with Gasteiger partial charge in [-0.15, -0.1) is 0 Å². The first-order chi connectivity index (χ1) is 4.33. The monoisotopic (exact) mass is 190 g/mol. The Labute approximate surface area is 64.7 Å². The van der Waals surface area contributed by atoms with Crippen molar-refractivity contribution in [2.75, 3.05) is 0 Å². The van der Waals surface area contributed by atoms with Gasteiger partial charge < -0.3 is 0 Å². The van der Waals surface area contributed by atoms with E-state index in [0.717, 1.165) is 15.1 Å². The zero-order valence-corrected chi connectivity index (χ0v) is 6.16. The van der Waals surface area contributed by atoms with E-state index in [9.17, 15) is 4.39 Å². The van der Waals surface area contributed by atoms with Gasteiger partial charge in [0.2, 0.25) is 0 Å². The van der Waals surface area contributed by atoms with Crippen LogP contribution in [0.2, 0.25) is 0 Å². The fourth-order valence-electron chi connectivity index (χ4n) is 0.505. The fraction of sp³-hybridized carbons (Fsp3) is 0. The van der Waals surface area contributed by atoms with Gasteiger partial charge in [0.1, 0.15) is 0 Å². The summed E-state index contributed by atoms with van der Waals surface area (Å²) in [5, 5.41) is 0. The summed E-state index contributed by atoms with van der Waals surface area (Å²) in [7, 11) is 1.11. The maximum atomic E-state index is 12.3. The molecule has 0 spiro atoms. The van der Waals surface area contributed by atoms with Crippen LogP contribution in [0.3, 0.4) is 0 Å².